The Labute approximate surface area is 89.1 Å². The summed E-state index contributed by atoms with van der Waals surface area (Å²) in [5.74, 6) is 0.988. The molecule has 0 amide bonds. The molecule has 1 saturated heterocycles. The van der Waals surface area contributed by atoms with Crippen LogP contribution < -0.4 is 5.32 Å². The van der Waals surface area contributed by atoms with Crippen molar-refractivity contribution < 1.29 is 0 Å². The van der Waals surface area contributed by atoms with Crippen molar-refractivity contribution in [3.8, 4) is 0 Å². The fourth-order valence-electron chi connectivity index (χ4n) is 2.30. The van der Waals surface area contributed by atoms with Gasteiger partial charge in [-0.15, -0.1) is 0 Å². The van der Waals surface area contributed by atoms with Gasteiger partial charge in [0.15, 0.2) is 0 Å². The van der Waals surface area contributed by atoms with Gasteiger partial charge in [0.25, 0.3) is 0 Å². The van der Waals surface area contributed by atoms with Crippen molar-refractivity contribution in [2.24, 2.45) is 5.92 Å². The minimum atomic E-state index is 0.988. The molecule has 0 bridgehead atoms. The SMILES string of the molecule is CCCN1CCC(CCNCC)CC1. The van der Waals surface area contributed by atoms with Crippen LogP contribution in [0, 0.1) is 5.92 Å². The molecule has 0 saturated carbocycles. The van der Waals surface area contributed by atoms with Crippen LogP contribution in [0.15, 0.2) is 0 Å². The number of rotatable bonds is 6. The molecule has 1 aliphatic rings. The second-order valence-corrected chi connectivity index (χ2v) is 4.43. The molecule has 1 heterocycles. The summed E-state index contributed by atoms with van der Waals surface area (Å²) in [6, 6.07) is 0. The van der Waals surface area contributed by atoms with Crippen molar-refractivity contribution in [1.29, 1.82) is 0 Å². The molecule has 2 heteroatoms. The molecule has 1 rings (SSSR count). The summed E-state index contributed by atoms with van der Waals surface area (Å²) in [5, 5.41) is 3.42. The maximum absolute atomic E-state index is 3.42. The van der Waals surface area contributed by atoms with Crippen LogP contribution >= 0.6 is 0 Å². The average molecular weight is 198 g/mol. The zero-order chi connectivity index (χ0) is 10.2. The summed E-state index contributed by atoms with van der Waals surface area (Å²) < 4.78 is 0. The van der Waals surface area contributed by atoms with Crippen molar-refractivity contribution in [2.45, 2.75) is 39.5 Å². The van der Waals surface area contributed by atoms with Crippen molar-refractivity contribution in [3.05, 3.63) is 0 Å². The predicted octanol–water partition coefficient (Wildman–Crippen LogP) is 2.11. The summed E-state index contributed by atoms with van der Waals surface area (Å²) in [6.45, 7) is 10.8. The number of hydrogen-bond acceptors (Lipinski definition) is 2. The lowest BCUT2D eigenvalue weighted by Gasteiger charge is -2.31. The summed E-state index contributed by atoms with van der Waals surface area (Å²) in [5.41, 5.74) is 0. The largest absolute Gasteiger partial charge is 0.317 e. The monoisotopic (exact) mass is 198 g/mol. The molecule has 0 radical (unpaired) electrons. The second-order valence-electron chi connectivity index (χ2n) is 4.43. The Morgan fingerprint density at radius 1 is 1.21 bits per heavy atom. The highest BCUT2D eigenvalue weighted by atomic mass is 15.1. The first-order valence-corrected chi connectivity index (χ1v) is 6.29. The molecule has 1 aliphatic heterocycles. The molecule has 1 fully saturated rings. The van der Waals surface area contributed by atoms with Crippen LogP contribution in [-0.2, 0) is 0 Å². The Morgan fingerprint density at radius 3 is 2.50 bits per heavy atom. The van der Waals surface area contributed by atoms with Crippen LogP contribution in [0.5, 0.6) is 0 Å². The highest BCUT2D eigenvalue weighted by molar-refractivity contribution is 4.72. The summed E-state index contributed by atoms with van der Waals surface area (Å²) >= 11 is 0. The van der Waals surface area contributed by atoms with E-state index >= 15 is 0 Å². The average Bonchev–Trinajstić information content (AvgIpc) is 2.21. The van der Waals surface area contributed by atoms with E-state index in [9.17, 15) is 0 Å². The lowest BCUT2D eigenvalue weighted by molar-refractivity contribution is 0.179. The topological polar surface area (TPSA) is 15.3 Å². The summed E-state index contributed by atoms with van der Waals surface area (Å²) in [7, 11) is 0. The molecule has 0 aromatic heterocycles. The van der Waals surface area contributed by atoms with E-state index in [1.54, 1.807) is 0 Å². The van der Waals surface area contributed by atoms with E-state index in [0.717, 1.165) is 12.5 Å². The summed E-state index contributed by atoms with van der Waals surface area (Å²) in [6.07, 6.45) is 5.53. The van der Waals surface area contributed by atoms with E-state index in [4.69, 9.17) is 0 Å². The lowest BCUT2D eigenvalue weighted by Crippen LogP contribution is -2.35. The molecule has 0 spiro atoms. The van der Waals surface area contributed by atoms with Crippen LogP contribution in [0.25, 0.3) is 0 Å². The van der Waals surface area contributed by atoms with Gasteiger partial charge in [0.1, 0.15) is 0 Å². The third-order valence-corrected chi connectivity index (χ3v) is 3.23. The minimum Gasteiger partial charge on any atom is -0.317 e. The lowest BCUT2D eigenvalue weighted by atomic mass is 9.93. The predicted molar refractivity (Wildman–Crippen MR) is 62.6 cm³/mol. The Hall–Kier alpha value is -0.0800. The van der Waals surface area contributed by atoms with E-state index in [-0.39, 0.29) is 0 Å². The molecule has 0 atom stereocenters. The van der Waals surface area contributed by atoms with Gasteiger partial charge < -0.3 is 10.2 Å². The number of likely N-dealkylation sites (tertiary alicyclic amines) is 1. The maximum Gasteiger partial charge on any atom is -0.00161 e. The molecule has 14 heavy (non-hydrogen) atoms. The molecule has 1 N–H and O–H groups in total. The van der Waals surface area contributed by atoms with Crippen molar-refractivity contribution >= 4 is 0 Å². The molecule has 84 valence electrons. The molecule has 2 nitrogen and oxygen atoms in total. The summed E-state index contributed by atoms with van der Waals surface area (Å²) in [4.78, 5) is 2.61. The quantitative estimate of drug-likeness (QED) is 0.658. The van der Waals surface area contributed by atoms with E-state index in [2.05, 4.69) is 24.1 Å². The van der Waals surface area contributed by atoms with E-state index < -0.39 is 0 Å². The molecular formula is C12H26N2. The van der Waals surface area contributed by atoms with Crippen LogP contribution in [0.2, 0.25) is 0 Å². The van der Waals surface area contributed by atoms with Crippen molar-refractivity contribution in [3.63, 3.8) is 0 Å². The van der Waals surface area contributed by atoms with E-state index in [1.807, 2.05) is 0 Å². The number of hydrogen-bond donors (Lipinski definition) is 1. The third kappa shape index (κ3) is 4.43. The molecule has 0 aromatic carbocycles. The van der Waals surface area contributed by atoms with Crippen molar-refractivity contribution in [2.75, 3.05) is 32.7 Å². The normalized spacial score (nSPS) is 20.1. The van der Waals surface area contributed by atoms with Crippen molar-refractivity contribution in [1.82, 2.24) is 10.2 Å². The van der Waals surface area contributed by atoms with Gasteiger partial charge in [-0.2, -0.15) is 0 Å². The van der Waals surface area contributed by atoms with Crippen LogP contribution in [-0.4, -0.2) is 37.6 Å². The van der Waals surface area contributed by atoms with Gasteiger partial charge in [-0.05, 0) is 64.3 Å². The molecule has 0 aromatic rings. The Bertz CT molecular complexity index is 128. The number of nitrogens with one attached hydrogen (secondary N) is 1. The Morgan fingerprint density at radius 2 is 1.93 bits per heavy atom. The van der Waals surface area contributed by atoms with E-state index in [1.165, 1.54) is 51.9 Å². The molecule has 0 aliphatic carbocycles. The fraction of sp³-hybridized carbons (Fsp3) is 1.00. The van der Waals surface area contributed by atoms with Gasteiger partial charge >= 0.3 is 0 Å². The third-order valence-electron chi connectivity index (χ3n) is 3.23. The minimum absolute atomic E-state index is 0.988. The number of nitrogens with zero attached hydrogens (tertiary/aromatic N) is 1. The van der Waals surface area contributed by atoms with Gasteiger partial charge in [-0.25, -0.2) is 0 Å². The zero-order valence-electron chi connectivity index (χ0n) is 9.89. The molecule has 0 unspecified atom stereocenters. The highest BCUT2D eigenvalue weighted by Crippen LogP contribution is 2.19. The van der Waals surface area contributed by atoms with Gasteiger partial charge in [0.05, 0.1) is 0 Å². The van der Waals surface area contributed by atoms with Crippen LogP contribution in [0.3, 0.4) is 0 Å². The highest BCUT2D eigenvalue weighted by Gasteiger charge is 2.17. The smallest absolute Gasteiger partial charge is 0.00161 e. The first kappa shape index (κ1) is 12.0. The van der Waals surface area contributed by atoms with Gasteiger partial charge in [-0.1, -0.05) is 13.8 Å². The Kier molecular flexibility index (Phi) is 6.20. The van der Waals surface area contributed by atoms with Gasteiger partial charge in [0, 0.05) is 0 Å². The Balaban J connectivity index is 2.03. The van der Waals surface area contributed by atoms with Crippen LogP contribution in [0.1, 0.15) is 39.5 Å². The van der Waals surface area contributed by atoms with Crippen LogP contribution in [0.4, 0.5) is 0 Å². The second kappa shape index (κ2) is 7.24. The number of piperidine rings is 1. The van der Waals surface area contributed by atoms with E-state index in [0.29, 0.717) is 0 Å². The first-order valence-electron chi connectivity index (χ1n) is 6.29. The van der Waals surface area contributed by atoms with Gasteiger partial charge in [-0.3, -0.25) is 0 Å². The maximum atomic E-state index is 3.42. The molecular weight excluding hydrogens is 172 g/mol. The van der Waals surface area contributed by atoms with Gasteiger partial charge in [0.2, 0.25) is 0 Å². The first-order chi connectivity index (χ1) is 6.86. The fourth-order valence-corrected chi connectivity index (χ4v) is 2.30. The standard InChI is InChI=1S/C12H26N2/c1-3-9-14-10-6-12(7-11-14)5-8-13-4-2/h12-13H,3-11H2,1-2H3. The zero-order valence-corrected chi connectivity index (χ0v) is 9.89.